The van der Waals surface area contributed by atoms with Crippen molar-refractivity contribution in [3.8, 4) is 0 Å². The molecule has 22 heavy (non-hydrogen) atoms. The Balaban J connectivity index is 2.01. The summed E-state index contributed by atoms with van der Waals surface area (Å²) in [5.41, 5.74) is 5.64. The molecule has 0 aliphatic carbocycles. The number of fused-ring (bicyclic) bond motifs is 1. The molecule has 2 N–H and O–H groups in total. The van der Waals surface area contributed by atoms with Crippen LogP contribution in [-0.4, -0.2) is 31.3 Å². The Hall–Kier alpha value is -1.51. The first kappa shape index (κ1) is 15.4. The molecule has 0 fully saturated rings. The second-order valence-corrected chi connectivity index (χ2v) is 6.57. The van der Waals surface area contributed by atoms with E-state index in [9.17, 15) is 0 Å². The summed E-state index contributed by atoms with van der Waals surface area (Å²) in [6.07, 6.45) is 1.56. The molecule has 3 aromatic rings. The number of thiophene rings is 1. The zero-order valence-electron chi connectivity index (χ0n) is 12.6. The largest absolute Gasteiger partial charge is 0.330 e. The van der Waals surface area contributed by atoms with Gasteiger partial charge in [0, 0.05) is 24.8 Å². The third kappa shape index (κ3) is 2.86. The van der Waals surface area contributed by atoms with Crippen LogP contribution in [-0.2, 0) is 19.4 Å². The summed E-state index contributed by atoms with van der Waals surface area (Å²) in [7, 11) is 0. The molecule has 0 saturated carbocycles. The van der Waals surface area contributed by atoms with Crippen molar-refractivity contribution >= 4 is 33.3 Å². The number of hydrogen-bond donors (Lipinski definition) is 1. The number of hydrogen-bond acceptors (Lipinski definition) is 7. The van der Waals surface area contributed by atoms with E-state index in [-0.39, 0.29) is 0 Å². The molecule has 0 bridgehead atoms. The fraction of sp³-hybridized carbons (Fsp3) is 0.429. The van der Waals surface area contributed by atoms with Crippen LogP contribution in [0.3, 0.4) is 0 Å². The first-order valence-corrected chi connectivity index (χ1v) is 9.00. The Bertz CT molecular complexity index is 779. The summed E-state index contributed by atoms with van der Waals surface area (Å²) >= 11 is 3.19. The maximum Gasteiger partial charge on any atom is 0.197 e. The highest BCUT2D eigenvalue weighted by Gasteiger charge is 2.15. The highest BCUT2D eigenvalue weighted by molar-refractivity contribution is 7.99. The van der Waals surface area contributed by atoms with Gasteiger partial charge in [-0.2, -0.15) is 0 Å². The van der Waals surface area contributed by atoms with E-state index in [4.69, 9.17) is 5.73 Å². The Morgan fingerprint density at radius 2 is 2.14 bits per heavy atom. The van der Waals surface area contributed by atoms with E-state index in [1.165, 1.54) is 0 Å². The molecular formula is C14H18N6S2. The van der Waals surface area contributed by atoms with Crippen LogP contribution in [0.25, 0.3) is 10.2 Å². The molecule has 116 valence electrons. The summed E-state index contributed by atoms with van der Waals surface area (Å²) in [6, 6.07) is 2.06. The van der Waals surface area contributed by atoms with Gasteiger partial charge in [-0.3, -0.25) is 0 Å². The van der Waals surface area contributed by atoms with Crippen molar-refractivity contribution in [2.75, 3.05) is 6.54 Å². The summed E-state index contributed by atoms with van der Waals surface area (Å²) in [5, 5.41) is 13.5. The Kier molecular flexibility index (Phi) is 4.70. The van der Waals surface area contributed by atoms with Gasteiger partial charge in [-0.05, 0) is 36.7 Å². The van der Waals surface area contributed by atoms with Gasteiger partial charge < -0.3 is 10.3 Å². The van der Waals surface area contributed by atoms with Crippen LogP contribution in [0, 0.1) is 0 Å². The second-order valence-electron chi connectivity index (χ2n) is 4.72. The molecule has 0 amide bonds. The van der Waals surface area contributed by atoms with Crippen LogP contribution < -0.4 is 5.73 Å². The number of nitrogens with two attached hydrogens (primary N) is 1. The number of nitrogens with zero attached hydrogens (tertiary/aromatic N) is 5. The van der Waals surface area contributed by atoms with Crippen molar-refractivity contribution in [1.29, 1.82) is 0 Å². The van der Waals surface area contributed by atoms with Gasteiger partial charge in [-0.15, -0.1) is 21.5 Å². The summed E-state index contributed by atoms with van der Waals surface area (Å²) in [4.78, 5) is 10.3. The van der Waals surface area contributed by atoms with Crippen molar-refractivity contribution in [3.05, 3.63) is 23.1 Å². The van der Waals surface area contributed by atoms with E-state index in [0.29, 0.717) is 6.54 Å². The lowest BCUT2D eigenvalue weighted by atomic mass is 10.4. The van der Waals surface area contributed by atoms with Gasteiger partial charge in [0.25, 0.3) is 0 Å². The predicted octanol–water partition coefficient (Wildman–Crippen LogP) is 2.52. The lowest BCUT2D eigenvalue weighted by Crippen LogP contribution is -2.10. The first-order chi connectivity index (χ1) is 10.8. The molecule has 3 rings (SSSR count). The minimum atomic E-state index is 0.574. The third-order valence-electron chi connectivity index (χ3n) is 3.32. The number of rotatable bonds is 6. The average molecular weight is 334 g/mol. The SMILES string of the molecule is CCc1nc(Sc2nnc(CCN)n2CC)c2ccsc2n1. The highest BCUT2D eigenvalue weighted by atomic mass is 32.2. The van der Waals surface area contributed by atoms with Crippen LogP contribution in [0.2, 0.25) is 0 Å². The van der Waals surface area contributed by atoms with Gasteiger partial charge in [0.05, 0.1) is 0 Å². The highest BCUT2D eigenvalue weighted by Crippen LogP contribution is 2.33. The van der Waals surface area contributed by atoms with Crippen molar-refractivity contribution in [3.63, 3.8) is 0 Å². The molecule has 8 heteroatoms. The van der Waals surface area contributed by atoms with Crippen molar-refractivity contribution in [2.24, 2.45) is 5.73 Å². The zero-order chi connectivity index (χ0) is 15.5. The number of aryl methyl sites for hydroxylation is 1. The minimum absolute atomic E-state index is 0.574. The monoisotopic (exact) mass is 334 g/mol. The second kappa shape index (κ2) is 6.72. The summed E-state index contributed by atoms with van der Waals surface area (Å²) in [6.45, 7) is 5.55. The van der Waals surface area contributed by atoms with Crippen LogP contribution in [0.4, 0.5) is 0 Å². The van der Waals surface area contributed by atoms with Crippen LogP contribution in [0.5, 0.6) is 0 Å². The Morgan fingerprint density at radius 3 is 2.86 bits per heavy atom. The van der Waals surface area contributed by atoms with E-state index in [2.05, 4.69) is 44.6 Å². The molecule has 0 atom stereocenters. The van der Waals surface area contributed by atoms with Crippen LogP contribution >= 0.6 is 23.1 Å². The molecule has 0 unspecified atom stereocenters. The molecule has 0 aliphatic heterocycles. The van der Waals surface area contributed by atoms with E-state index in [0.717, 1.165) is 51.4 Å². The third-order valence-corrected chi connectivity index (χ3v) is 5.11. The molecule has 0 aliphatic rings. The van der Waals surface area contributed by atoms with Gasteiger partial charge >= 0.3 is 0 Å². The van der Waals surface area contributed by atoms with Crippen molar-refractivity contribution in [2.45, 2.75) is 43.4 Å². The maximum atomic E-state index is 5.64. The fourth-order valence-electron chi connectivity index (χ4n) is 2.22. The van der Waals surface area contributed by atoms with Crippen molar-refractivity contribution < 1.29 is 0 Å². The number of aromatic nitrogens is 5. The molecule has 3 heterocycles. The Morgan fingerprint density at radius 1 is 1.27 bits per heavy atom. The van der Waals surface area contributed by atoms with E-state index in [1.54, 1.807) is 23.1 Å². The first-order valence-electron chi connectivity index (χ1n) is 7.30. The smallest absolute Gasteiger partial charge is 0.197 e. The van der Waals surface area contributed by atoms with Gasteiger partial charge in [-0.25, -0.2) is 9.97 Å². The topological polar surface area (TPSA) is 82.5 Å². The van der Waals surface area contributed by atoms with Crippen molar-refractivity contribution in [1.82, 2.24) is 24.7 Å². The predicted molar refractivity (Wildman–Crippen MR) is 89.4 cm³/mol. The Labute approximate surface area is 137 Å². The molecule has 0 radical (unpaired) electrons. The normalized spacial score (nSPS) is 11.4. The molecule has 3 aromatic heterocycles. The van der Waals surface area contributed by atoms with E-state index >= 15 is 0 Å². The molecular weight excluding hydrogens is 316 g/mol. The van der Waals surface area contributed by atoms with Crippen LogP contribution in [0.15, 0.2) is 21.6 Å². The van der Waals surface area contributed by atoms with Gasteiger partial charge in [0.1, 0.15) is 21.5 Å². The average Bonchev–Trinajstić information content (AvgIpc) is 3.14. The molecule has 0 spiro atoms. The van der Waals surface area contributed by atoms with Crippen LogP contribution in [0.1, 0.15) is 25.5 Å². The summed E-state index contributed by atoms with van der Waals surface area (Å²) in [5.74, 6) is 1.79. The summed E-state index contributed by atoms with van der Waals surface area (Å²) < 4.78 is 2.10. The van der Waals surface area contributed by atoms with E-state index < -0.39 is 0 Å². The zero-order valence-corrected chi connectivity index (χ0v) is 14.2. The standard InChI is InChI=1S/C14H18N6S2/c1-3-10-16-12-9(6-8-21-12)13(17-10)22-14-19-18-11(5-7-15)20(14)4-2/h6,8H,3-5,7,15H2,1-2H3. The lowest BCUT2D eigenvalue weighted by Gasteiger charge is -2.07. The quantitative estimate of drug-likeness (QED) is 0.698. The lowest BCUT2D eigenvalue weighted by molar-refractivity contribution is 0.640. The van der Waals surface area contributed by atoms with Gasteiger partial charge in [0.15, 0.2) is 5.16 Å². The van der Waals surface area contributed by atoms with E-state index in [1.807, 2.05) is 5.38 Å². The van der Waals surface area contributed by atoms with Gasteiger partial charge in [0.2, 0.25) is 0 Å². The minimum Gasteiger partial charge on any atom is -0.330 e. The molecule has 0 aromatic carbocycles. The van der Waals surface area contributed by atoms with Gasteiger partial charge in [-0.1, -0.05) is 6.92 Å². The molecule has 6 nitrogen and oxygen atoms in total. The maximum absolute atomic E-state index is 5.64. The molecule has 0 saturated heterocycles. The fourth-order valence-corrected chi connectivity index (χ4v) is 4.09.